The first-order chi connectivity index (χ1) is 11.4. The van der Waals surface area contributed by atoms with Crippen molar-refractivity contribution in [2.45, 2.75) is 58.2 Å². The van der Waals surface area contributed by atoms with E-state index in [-0.39, 0.29) is 24.1 Å². The van der Waals surface area contributed by atoms with E-state index in [9.17, 15) is 9.90 Å². The van der Waals surface area contributed by atoms with Gasteiger partial charge in [-0.2, -0.15) is 0 Å². The molecule has 3 rings (SSSR count). The summed E-state index contributed by atoms with van der Waals surface area (Å²) >= 11 is 0. The molecule has 1 heterocycles. The lowest BCUT2D eigenvalue weighted by Crippen LogP contribution is -2.35. The van der Waals surface area contributed by atoms with E-state index in [1.54, 1.807) is 10.9 Å². The fraction of sp³-hybridized carbons (Fsp3) is 0.500. The second-order valence-corrected chi connectivity index (χ2v) is 6.87. The Kier molecular flexibility index (Phi) is 4.66. The zero-order valence-electron chi connectivity index (χ0n) is 14.4. The largest absolute Gasteiger partial charge is 0.391 e. The lowest BCUT2D eigenvalue weighted by molar-refractivity contribution is 0.0244. The van der Waals surface area contributed by atoms with Gasteiger partial charge >= 0.3 is 0 Å². The highest BCUT2D eigenvalue weighted by molar-refractivity contribution is 5.92. The number of hydrogen-bond donors (Lipinski definition) is 2. The molecule has 24 heavy (non-hydrogen) atoms. The van der Waals surface area contributed by atoms with Gasteiger partial charge in [0.2, 0.25) is 0 Å². The maximum Gasteiger partial charge on any atom is 0.273 e. The van der Waals surface area contributed by atoms with Crippen molar-refractivity contribution < 1.29 is 9.90 Å². The summed E-state index contributed by atoms with van der Waals surface area (Å²) in [5, 5.41) is 20.5. The van der Waals surface area contributed by atoms with Crippen molar-refractivity contribution in [1.82, 2.24) is 20.3 Å². The van der Waals surface area contributed by atoms with E-state index in [2.05, 4.69) is 47.7 Å². The smallest absolute Gasteiger partial charge is 0.273 e. The van der Waals surface area contributed by atoms with Crippen LogP contribution in [0.2, 0.25) is 0 Å². The van der Waals surface area contributed by atoms with Crippen LogP contribution in [0.5, 0.6) is 0 Å². The quantitative estimate of drug-likeness (QED) is 0.879. The molecule has 0 spiro atoms. The molecule has 1 unspecified atom stereocenters. The van der Waals surface area contributed by atoms with Crippen LogP contribution >= 0.6 is 0 Å². The number of aliphatic hydroxyl groups is 1. The maximum absolute atomic E-state index is 12.3. The molecular formula is C18H24N4O2. The first kappa shape index (κ1) is 16.6. The van der Waals surface area contributed by atoms with E-state index >= 15 is 0 Å². The number of aryl methyl sites for hydroxylation is 2. The maximum atomic E-state index is 12.3. The van der Waals surface area contributed by atoms with Gasteiger partial charge in [0.05, 0.1) is 18.3 Å². The van der Waals surface area contributed by atoms with Gasteiger partial charge in [-0.15, -0.1) is 5.10 Å². The first-order valence-electron chi connectivity index (χ1n) is 8.40. The van der Waals surface area contributed by atoms with E-state index in [0.29, 0.717) is 5.69 Å². The van der Waals surface area contributed by atoms with Crippen LogP contribution in [0, 0.1) is 13.8 Å². The fourth-order valence-corrected chi connectivity index (χ4v) is 3.21. The zero-order chi connectivity index (χ0) is 17.3. The molecule has 3 atom stereocenters. The number of carbonyl (C=O) groups is 1. The Morgan fingerprint density at radius 3 is 2.62 bits per heavy atom. The van der Waals surface area contributed by atoms with E-state index in [0.717, 1.165) is 19.3 Å². The van der Waals surface area contributed by atoms with Crippen LogP contribution in [-0.4, -0.2) is 38.2 Å². The van der Waals surface area contributed by atoms with Gasteiger partial charge < -0.3 is 10.4 Å². The number of aliphatic hydroxyl groups excluding tert-OH is 1. The summed E-state index contributed by atoms with van der Waals surface area (Å²) in [6.45, 7) is 6.13. The van der Waals surface area contributed by atoms with Crippen molar-refractivity contribution in [3.63, 3.8) is 0 Å². The Morgan fingerprint density at radius 1 is 1.33 bits per heavy atom. The highest BCUT2D eigenvalue weighted by atomic mass is 16.3. The SMILES string of the molecule is Cc1cc(C)cc(CC(C)NC(=O)c2cn([C@@H]3CC[C@H]3O)nn2)c1. The molecule has 1 aliphatic rings. The molecule has 128 valence electrons. The minimum Gasteiger partial charge on any atom is -0.391 e. The monoisotopic (exact) mass is 328 g/mol. The second-order valence-electron chi connectivity index (χ2n) is 6.87. The summed E-state index contributed by atoms with van der Waals surface area (Å²) in [7, 11) is 0. The molecule has 1 fully saturated rings. The molecule has 1 aliphatic carbocycles. The third kappa shape index (κ3) is 3.64. The molecule has 6 heteroatoms. The standard InChI is InChI=1S/C18H24N4O2/c1-11-6-12(2)8-14(7-11)9-13(3)19-18(24)15-10-22(21-20-15)16-4-5-17(16)23/h6-8,10,13,16-17,23H,4-5,9H2,1-3H3,(H,19,24)/t13?,16-,17-/m1/s1. The number of nitrogens with one attached hydrogen (secondary N) is 1. The number of rotatable bonds is 5. The van der Waals surface area contributed by atoms with Gasteiger partial charge in [-0.3, -0.25) is 4.79 Å². The van der Waals surface area contributed by atoms with Crippen LogP contribution in [0.25, 0.3) is 0 Å². The van der Waals surface area contributed by atoms with Crippen molar-refractivity contribution in [2.75, 3.05) is 0 Å². The molecule has 0 radical (unpaired) electrons. The Bertz CT molecular complexity index is 720. The van der Waals surface area contributed by atoms with Crippen LogP contribution in [0.4, 0.5) is 0 Å². The predicted molar refractivity (Wildman–Crippen MR) is 90.8 cm³/mol. The van der Waals surface area contributed by atoms with Crippen molar-refractivity contribution in [1.29, 1.82) is 0 Å². The highest BCUT2D eigenvalue weighted by Crippen LogP contribution is 2.31. The van der Waals surface area contributed by atoms with Gasteiger partial charge in [-0.25, -0.2) is 4.68 Å². The van der Waals surface area contributed by atoms with Crippen molar-refractivity contribution in [3.8, 4) is 0 Å². The zero-order valence-corrected chi connectivity index (χ0v) is 14.4. The summed E-state index contributed by atoms with van der Waals surface area (Å²) in [4.78, 5) is 12.3. The summed E-state index contributed by atoms with van der Waals surface area (Å²) in [5.74, 6) is -0.230. The normalized spacial score (nSPS) is 21.2. The highest BCUT2D eigenvalue weighted by Gasteiger charge is 2.31. The topological polar surface area (TPSA) is 80.0 Å². The minimum atomic E-state index is -0.383. The fourth-order valence-electron chi connectivity index (χ4n) is 3.21. The number of hydrogen-bond acceptors (Lipinski definition) is 4. The molecule has 1 aromatic heterocycles. The Morgan fingerprint density at radius 2 is 2.04 bits per heavy atom. The number of carbonyl (C=O) groups excluding carboxylic acids is 1. The van der Waals surface area contributed by atoms with Crippen LogP contribution in [0.3, 0.4) is 0 Å². The van der Waals surface area contributed by atoms with Gasteiger partial charge in [0.1, 0.15) is 0 Å². The average molecular weight is 328 g/mol. The Labute approximate surface area is 141 Å². The van der Waals surface area contributed by atoms with Crippen LogP contribution in [0.15, 0.2) is 24.4 Å². The van der Waals surface area contributed by atoms with E-state index < -0.39 is 0 Å². The molecule has 1 aromatic carbocycles. The summed E-state index contributed by atoms with van der Waals surface area (Å²) in [6, 6.07) is 6.37. The van der Waals surface area contributed by atoms with Crippen molar-refractivity contribution in [3.05, 3.63) is 46.8 Å². The van der Waals surface area contributed by atoms with Gasteiger partial charge in [0.15, 0.2) is 5.69 Å². The molecule has 1 saturated carbocycles. The lowest BCUT2D eigenvalue weighted by atomic mass is 9.89. The Hall–Kier alpha value is -2.21. The van der Waals surface area contributed by atoms with Gasteiger partial charge in [0, 0.05) is 6.04 Å². The van der Waals surface area contributed by atoms with Gasteiger partial charge in [-0.1, -0.05) is 34.5 Å². The molecule has 0 bridgehead atoms. The number of nitrogens with zero attached hydrogens (tertiary/aromatic N) is 3. The Balaban J connectivity index is 1.59. The van der Waals surface area contributed by atoms with E-state index in [1.165, 1.54) is 16.7 Å². The number of benzene rings is 1. The van der Waals surface area contributed by atoms with Crippen molar-refractivity contribution >= 4 is 5.91 Å². The lowest BCUT2D eigenvalue weighted by Gasteiger charge is -2.31. The van der Waals surface area contributed by atoms with Crippen LogP contribution in [-0.2, 0) is 6.42 Å². The summed E-state index contributed by atoms with van der Waals surface area (Å²) in [5.41, 5.74) is 3.96. The second kappa shape index (κ2) is 6.73. The van der Waals surface area contributed by atoms with Crippen molar-refractivity contribution in [2.24, 2.45) is 0 Å². The number of amides is 1. The summed E-state index contributed by atoms with van der Waals surface area (Å²) < 4.78 is 1.59. The van der Waals surface area contributed by atoms with Crippen LogP contribution < -0.4 is 5.32 Å². The average Bonchev–Trinajstić information content (AvgIpc) is 2.93. The van der Waals surface area contributed by atoms with Gasteiger partial charge in [0.25, 0.3) is 5.91 Å². The molecular weight excluding hydrogens is 304 g/mol. The van der Waals surface area contributed by atoms with E-state index in [1.807, 2.05) is 6.92 Å². The third-order valence-corrected chi connectivity index (χ3v) is 4.49. The number of aromatic nitrogens is 3. The van der Waals surface area contributed by atoms with Gasteiger partial charge in [-0.05, 0) is 45.6 Å². The minimum absolute atomic E-state index is 0.00172. The van der Waals surface area contributed by atoms with Crippen LogP contribution in [0.1, 0.15) is 53.0 Å². The molecule has 2 N–H and O–H groups in total. The molecule has 2 aromatic rings. The summed E-state index contributed by atoms with van der Waals surface area (Å²) in [6.07, 6.45) is 3.65. The molecule has 0 saturated heterocycles. The molecule has 6 nitrogen and oxygen atoms in total. The predicted octanol–water partition coefficient (Wildman–Crippen LogP) is 1.95. The molecule has 0 aliphatic heterocycles. The third-order valence-electron chi connectivity index (χ3n) is 4.49. The first-order valence-corrected chi connectivity index (χ1v) is 8.40. The molecule has 1 amide bonds. The van der Waals surface area contributed by atoms with E-state index in [4.69, 9.17) is 0 Å².